The second kappa shape index (κ2) is 8.62. The van der Waals surface area contributed by atoms with Crippen LogP contribution in [0.5, 0.6) is 5.75 Å². The number of nitrogens with one attached hydrogen (secondary N) is 1. The summed E-state index contributed by atoms with van der Waals surface area (Å²) in [7, 11) is 0. The number of esters is 1. The normalized spacial score (nSPS) is 25.3. The second-order valence-corrected chi connectivity index (χ2v) is 9.13. The zero-order chi connectivity index (χ0) is 21.9. The molecule has 8 heteroatoms. The van der Waals surface area contributed by atoms with Gasteiger partial charge in [0.25, 0.3) is 5.91 Å². The molecule has 3 amide bonds. The van der Waals surface area contributed by atoms with Crippen molar-refractivity contribution >= 4 is 17.9 Å². The van der Waals surface area contributed by atoms with Crippen molar-refractivity contribution in [2.24, 2.45) is 11.3 Å². The van der Waals surface area contributed by atoms with Crippen molar-refractivity contribution in [3.05, 3.63) is 30.1 Å². The van der Waals surface area contributed by atoms with Crippen molar-refractivity contribution in [2.75, 3.05) is 19.8 Å². The Morgan fingerprint density at radius 3 is 2.57 bits per heavy atom. The maximum Gasteiger partial charge on any atom is 0.326 e. The first-order valence-electron chi connectivity index (χ1n) is 10.3. The van der Waals surface area contributed by atoms with Crippen molar-refractivity contribution < 1.29 is 28.2 Å². The molecule has 0 aromatic heterocycles. The minimum absolute atomic E-state index is 0.0678. The van der Waals surface area contributed by atoms with Gasteiger partial charge in [-0.1, -0.05) is 20.8 Å². The highest BCUT2D eigenvalue weighted by atomic mass is 19.1. The number of benzene rings is 1. The summed E-state index contributed by atoms with van der Waals surface area (Å²) < 4.78 is 23.4. The van der Waals surface area contributed by atoms with E-state index < -0.39 is 24.1 Å². The predicted molar refractivity (Wildman–Crippen MR) is 107 cm³/mol. The number of rotatable bonds is 7. The van der Waals surface area contributed by atoms with Gasteiger partial charge in [0.1, 0.15) is 23.7 Å². The molecule has 0 radical (unpaired) electrons. The third kappa shape index (κ3) is 5.09. The lowest BCUT2D eigenvalue weighted by molar-refractivity contribution is -0.148. The smallest absolute Gasteiger partial charge is 0.326 e. The lowest BCUT2D eigenvalue weighted by atomic mass is 9.64. The topological polar surface area (TPSA) is 84.9 Å². The zero-order valence-corrected chi connectivity index (χ0v) is 17.7. The third-order valence-corrected chi connectivity index (χ3v) is 5.55. The molecule has 164 valence electrons. The fraction of sp³-hybridized carbons (Fsp3) is 0.591. The van der Waals surface area contributed by atoms with E-state index in [-0.39, 0.29) is 30.4 Å². The first-order chi connectivity index (χ1) is 14.1. The molecule has 1 heterocycles. The molecule has 1 aromatic rings. The number of carbonyl (C=O) groups excluding carboxylic acids is 3. The Kier molecular flexibility index (Phi) is 6.33. The van der Waals surface area contributed by atoms with Crippen LogP contribution in [0.25, 0.3) is 0 Å². The van der Waals surface area contributed by atoms with E-state index in [9.17, 15) is 18.8 Å². The average molecular weight is 420 g/mol. The fourth-order valence-corrected chi connectivity index (χ4v) is 4.79. The van der Waals surface area contributed by atoms with Crippen LogP contribution in [0.4, 0.5) is 9.18 Å². The van der Waals surface area contributed by atoms with Crippen LogP contribution in [0.1, 0.15) is 46.5 Å². The summed E-state index contributed by atoms with van der Waals surface area (Å²) >= 11 is 0. The van der Waals surface area contributed by atoms with Gasteiger partial charge >= 0.3 is 12.0 Å². The quantitative estimate of drug-likeness (QED) is 0.416. The second-order valence-electron chi connectivity index (χ2n) is 9.13. The maximum absolute atomic E-state index is 13.0. The van der Waals surface area contributed by atoms with Crippen LogP contribution < -0.4 is 10.1 Å². The van der Waals surface area contributed by atoms with Crippen LogP contribution in [0.2, 0.25) is 0 Å². The van der Waals surface area contributed by atoms with Gasteiger partial charge in [0.2, 0.25) is 0 Å². The lowest BCUT2D eigenvalue weighted by Crippen LogP contribution is -2.54. The highest BCUT2D eigenvalue weighted by molar-refractivity contribution is 6.08. The molecule has 1 spiro atoms. The molecule has 30 heavy (non-hydrogen) atoms. The van der Waals surface area contributed by atoms with Crippen LogP contribution in [0.3, 0.4) is 0 Å². The Morgan fingerprint density at radius 2 is 1.90 bits per heavy atom. The Balaban J connectivity index is 1.45. The largest absolute Gasteiger partial charge is 0.493 e. The molecule has 2 aliphatic rings. The summed E-state index contributed by atoms with van der Waals surface area (Å²) in [5, 5.41) is 2.84. The number of hydrogen-bond acceptors (Lipinski definition) is 5. The number of ether oxygens (including phenoxy) is 2. The van der Waals surface area contributed by atoms with E-state index in [0.717, 1.165) is 11.3 Å². The van der Waals surface area contributed by atoms with E-state index in [0.29, 0.717) is 30.9 Å². The predicted octanol–water partition coefficient (Wildman–Crippen LogP) is 3.27. The lowest BCUT2D eigenvalue weighted by Gasteiger charge is -2.43. The van der Waals surface area contributed by atoms with Gasteiger partial charge in [0.05, 0.1) is 13.2 Å². The van der Waals surface area contributed by atoms with Crippen LogP contribution in [-0.2, 0) is 14.3 Å². The van der Waals surface area contributed by atoms with Crippen LogP contribution >= 0.6 is 0 Å². The van der Waals surface area contributed by atoms with Crippen molar-refractivity contribution in [2.45, 2.75) is 52.0 Å². The molecule has 1 aliphatic heterocycles. The molecular formula is C22H29FN2O5. The van der Waals surface area contributed by atoms with E-state index >= 15 is 0 Å². The summed E-state index contributed by atoms with van der Waals surface area (Å²) in [6, 6.07) is 5.09. The fourth-order valence-electron chi connectivity index (χ4n) is 4.79. The molecule has 1 aromatic carbocycles. The summed E-state index contributed by atoms with van der Waals surface area (Å²) in [5.41, 5.74) is -0.997. The highest BCUT2D eigenvalue weighted by Gasteiger charge is 2.56. The molecule has 0 unspecified atom stereocenters. The standard InChI is InChI=1S/C22H29FN2O5/c1-15-11-21(2,3)14-22(12-15)19(27)25(20(28)24-22)13-18(26)30-10-4-9-29-17-7-5-16(23)6-8-17/h5-8,15H,4,9-14H2,1-3H3,(H,24,28)/t15-,22-/m0/s1. The van der Waals surface area contributed by atoms with Crippen molar-refractivity contribution in [3.8, 4) is 5.75 Å². The minimum atomic E-state index is -0.929. The van der Waals surface area contributed by atoms with Crippen molar-refractivity contribution in [3.63, 3.8) is 0 Å². The Bertz CT molecular complexity index is 810. The van der Waals surface area contributed by atoms with E-state index in [1.807, 2.05) is 0 Å². The van der Waals surface area contributed by atoms with Gasteiger partial charge in [0, 0.05) is 6.42 Å². The molecule has 7 nitrogen and oxygen atoms in total. The first-order valence-corrected chi connectivity index (χ1v) is 10.3. The molecule has 1 saturated heterocycles. The number of nitrogens with zero attached hydrogens (tertiary/aromatic N) is 1. The SMILES string of the molecule is C[C@H]1CC(C)(C)C[C@]2(C1)NC(=O)N(CC(=O)OCCCOc1ccc(F)cc1)C2=O. The van der Waals surface area contributed by atoms with Crippen molar-refractivity contribution in [1.29, 1.82) is 0 Å². The molecule has 1 aliphatic carbocycles. The summed E-state index contributed by atoms with van der Waals surface area (Å²) in [6.07, 6.45) is 2.55. The zero-order valence-electron chi connectivity index (χ0n) is 17.7. The van der Waals surface area contributed by atoms with E-state index in [1.54, 1.807) is 0 Å². The molecule has 3 rings (SSSR count). The molecule has 1 saturated carbocycles. The van der Waals surface area contributed by atoms with Gasteiger partial charge < -0.3 is 14.8 Å². The number of halogens is 1. The number of urea groups is 1. The van der Waals surface area contributed by atoms with Gasteiger partial charge in [-0.05, 0) is 54.9 Å². The van der Waals surface area contributed by atoms with Crippen LogP contribution in [-0.4, -0.2) is 48.1 Å². The Morgan fingerprint density at radius 1 is 1.20 bits per heavy atom. The van der Waals surface area contributed by atoms with E-state index in [1.165, 1.54) is 24.3 Å². The number of imide groups is 1. The van der Waals surface area contributed by atoms with Gasteiger partial charge in [-0.3, -0.25) is 14.5 Å². The van der Waals surface area contributed by atoms with Gasteiger partial charge in [0.15, 0.2) is 0 Å². The first kappa shape index (κ1) is 22.1. The molecule has 2 fully saturated rings. The van der Waals surface area contributed by atoms with Crippen LogP contribution in [0.15, 0.2) is 24.3 Å². The molecule has 1 N–H and O–H groups in total. The number of amides is 3. The highest BCUT2D eigenvalue weighted by Crippen LogP contribution is 2.46. The molecule has 0 bridgehead atoms. The van der Waals surface area contributed by atoms with E-state index in [2.05, 4.69) is 26.1 Å². The number of carbonyl (C=O) groups is 3. The van der Waals surface area contributed by atoms with Gasteiger partial charge in [-0.15, -0.1) is 0 Å². The van der Waals surface area contributed by atoms with Crippen LogP contribution in [0, 0.1) is 17.2 Å². The summed E-state index contributed by atoms with van der Waals surface area (Å²) in [4.78, 5) is 38.5. The summed E-state index contributed by atoms with van der Waals surface area (Å²) in [5.74, 6) is -0.503. The monoisotopic (exact) mass is 420 g/mol. The van der Waals surface area contributed by atoms with Gasteiger partial charge in [-0.25, -0.2) is 9.18 Å². The van der Waals surface area contributed by atoms with Crippen molar-refractivity contribution in [1.82, 2.24) is 10.2 Å². The van der Waals surface area contributed by atoms with Gasteiger partial charge in [-0.2, -0.15) is 0 Å². The summed E-state index contributed by atoms with van der Waals surface area (Å²) in [6.45, 7) is 6.24. The van der Waals surface area contributed by atoms with E-state index in [4.69, 9.17) is 9.47 Å². The maximum atomic E-state index is 13.0. The Labute approximate surface area is 175 Å². The third-order valence-electron chi connectivity index (χ3n) is 5.55. The molecular weight excluding hydrogens is 391 g/mol. The minimum Gasteiger partial charge on any atom is -0.493 e. The average Bonchev–Trinajstić information content (AvgIpc) is 2.84. The molecule has 2 atom stereocenters. The number of hydrogen-bond donors (Lipinski definition) is 1. The Hall–Kier alpha value is -2.64.